The molecule has 0 atom stereocenters. The highest BCUT2D eigenvalue weighted by Gasteiger charge is 2.29. The Morgan fingerprint density at radius 1 is 1.04 bits per heavy atom. The number of amides is 1. The predicted molar refractivity (Wildman–Crippen MR) is 106 cm³/mol. The zero-order valence-corrected chi connectivity index (χ0v) is 17.2. The van der Waals surface area contributed by atoms with Gasteiger partial charge in [0.1, 0.15) is 0 Å². The molecule has 1 heterocycles. The number of hydrogen-bond donors (Lipinski definition) is 0. The Labute approximate surface area is 167 Å². The number of halogens is 1. The first-order valence-electron chi connectivity index (χ1n) is 8.62. The maximum absolute atomic E-state index is 13.1. The molecule has 8 heteroatoms. The quantitative estimate of drug-likeness (QED) is 0.674. The average molecular weight is 453 g/mol. The van der Waals surface area contributed by atoms with E-state index in [4.69, 9.17) is 4.74 Å². The van der Waals surface area contributed by atoms with Crippen molar-refractivity contribution in [1.29, 1.82) is 0 Å². The number of carbonyl (C=O) groups is 1. The lowest BCUT2D eigenvalue weighted by Gasteiger charge is -2.29. The summed E-state index contributed by atoms with van der Waals surface area (Å²) in [4.78, 5) is 14.5. The first kappa shape index (κ1) is 20.0. The summed E-state index contributed by atoms with van der Waals surface area (Å²) < 4.78 is 33.7. The number of nitrogens with zero attached hydrogens (tertiary/aromatic N) is 2. The molecule has 2 aromatic rings. The van der Waals surface area contributed by atoms with Crippen LogP contribution in [0.25, 0.3) is 0 Å². The van der Waals surface area contributed by atoms with Crippen LogP contribution in [0.2, 0.25) is 0 Å². The van der Waals surface area contributed by atoms with Crippen LogP contribution in [0.3, 0.4) is 0 Å². The fourth-order valence-electron chi connectivity index (χ4n) is 2.82. The Kier molecular flexibility index (Phi) is 6.64. The van der Waals surface area contributed by atoms with Crippen LogP contribution in [-0.2, 0) is 26.1 Å². The number of rotatable bonds is 6. The Hall–Kier alpha value is -1.74. The van der Waals surface area contributed by atoms with Crippen LogP contribution in [0.4, 0.5) is 0 Å². The summed E-state index contributed by atoms with van der Waals surface area (Å²) in [5, 5.41) is 0. The standard InChI is InChI=1S/C19H21BrN2O4S/c20-17-8-6-16(7-9-17)14-22(15-19(23)21-10-12-26-13-11-21)27(24,25)18-4-2-1-3-5-18/h1-9H,10-15H2. The summed E-state index contributed by atoms with van der Waals surface area (Å²) in [6.45, 7) is 1.84. The monoisotopic (exact) mass is 452 g/mol. The third-order valence-corrected chi connectivity index (χ3v) is 6.66. The molecule has 0 bridgehead atoms. The molecular formula is C19H21BrN2O4S. The van der Waals surface area contributed by atoms with Gasteiger partial charge in [-0.25, -0.2) is 8.42 Å². The number of sulfonamides is 1. The molecule has 144 valence electrons. The van der Waals surface area contributed by atoms with Crippen molar-refractivity contribution >= 4 is 31.9 Å². The summed E-state index contributed by atoms with van der Waals surface area (Å²) in [6, 6.07) is 15.6. The lowest BCUT2D eigenvalue weighted by molar-refractivity contribution is -0.135. The van der Waals surface area contributed by atoms with Crippen molar-refractivity contribution < 1.29 is 17.9 Å². The van der Waals surface area contributed by atoms with Crippen LogP contribution < -0.4 is 0 Å². The summed E-state index contributed by atoms with van der Waals surface area (Å²) in [6.07, 6.45) is 0. The zero-order valence-electron chi connectivity index (χ0n) is 14.8. The van der Waals surface area contributed by atoms with Gasteiger partial charge in [0.05, 0.1) is 24.7 Å². The van der Waals surface area contributed by atoms with E-state index >= 15 is 0 Å². The van der Waals surface area contributed by atoms with Gasteiger partial charge in [-0.3, -0.25) is 4.79 Å². The predicted octanol–water partition coefficient (Wildman–Crippen LogP) is 2.50. The molecule has 1 fully saturated rings. The Morgan fingerprint density at radius 2 is 1.67 bits per heavy atom. The van der Waals surface area contributed by atoms with Crippen LogP contribution in [-0.4, -0.2) is 56.4 Å². The Bertz CT molecular complexity index is 866. The van der Waals surface area contributed by atoms with E-state index in [1.807, 2.05) is 24.3 Å². The number of ether oxygens (including phenoxy) is 1. The van der Waals surface area contributed by atoms with Crippen LogP contribution in [0.5, 0.6) is 0 Å². The molecule has 6 nitrogen and oxygen atoms in total. The van der Waals surface area contributed by atoms with Gasteiger partial charge in [0, 0.05) is 24.1 Å². The average Bonchev–Trinajstić information content (AvgIpc) is 2.70. The fourth-order valence-corrected chi connectivity index (χ4v) is 4.49. The molecule has 2 aromatic carbocycles. The van der Waals surface area contributed by atoms with Crippen molar-refractivity contribution in [1.82, 2.24) is 9.21 Å². The van der Waals surface area contributed by atoms with E-state index in [0.717, 1.165) is 10.0 Å². The molecule has 0 spiro atoms. The van der Waals surface area contributed by atoms with E-state index in [2.05, 4.69) is 15.9 Å². The van der Waals surface area contributed by atoms with Gasteiger partial charge < -0.3 is 9.64 Å². The van der Waals surface area contributed by atoms with Crippen molar-refractivity contribution in [2.45, 2.75) is 11.4 Å². The van der Waals surface area contributed by atoms with Gasteiger partial charge in [-0.2, -0.15) is 4.31 Å². The van der Waals surface area contributed by atoms with Gasteiger partial charge in [0.2, 0.25) is 15.9 Å². The second-order valence-corrected chi connectivity index (χ2v) is 9.06. The van der Waals surface area contributed by atoms with E-state index in [-0.39, 0.29) is 23.9 Å². The van der Waals surface area contributed by atoms with Gasteiger partial charge in [-0.05, 0) is 29.8 Å². The molecular weight excluding hydrogens is 432 g/mol. The van der Waals surface area contributed by atoms with E-state index in [1.165, 1.54) is 4.31 Å². The maximum Gasteiger partial charge on any atom is 0.243 e. The van der Waals surface area contributed by atoms with Crippen molar-refractivity contribution in [3.63, 3.8) is 0 Å². The maximum atomic E-state index is 13.1. The van der Waals surface area contributed by atoms with Gasteiger partial charge in [0.15, 0.2) is 0 Å². The summed E-state index contributed by atoms with van der Waals surface area (Å²) in [5.74, 6) is -0.213. The lowest BCUT2D eigenvalue weighted by atomic mass is 10.2. The molecule has 0 aromatic heterocycles. The van der Waals surface area contributed by atoms with E-state index in [0.29, 0.717) is 26.3 Å². The van der Waals surface area contributed by atoms with Gasteiger partial charge in [0.25, 0.3) is 0 Å². The molecule has 1 aliphatic rings. The van der Waals surface area contributed by atoms with Crippen molar-refractivity contribution in [2.24, 2.45) is 0 Å². The molecule has 0 unspecified atom stereocenters. The third-order valence-electron chi connectivity index (χ3n) is 4.33. The highest BCUT2D eigenvalue weighted by molar-refractivity contribution is 9.10. The largest absolute Gasteiger partial charge is 0.378 e. The molecule has 1 saturated heterocycles. The van der Waals surface area contributed by atoms with Gasteiger partial charge in [-0.1, -0.05) is 46.3 Å². The summed E-state index contributed by atoms with van der Waals surface area (Å²) in [5.41, 5.74) is 0.812. The molecule has 0 radical (unpaired) electrons. The minimum atomic E-state index is -3.80. The molecule has 1 aliphatic heterocycles. The van der Waals surface area contributed by atoms with E-state index in [1.54, 1.807) is 35.2 Å². The molecule has 3 rings (SSSR count). The normalized spacial score (nSPS) is 15.1. The first-order valence-corrected chi connectivity index (χ1v) is 10.9. The molecule has 1 amide bonds. The zero-order chi connectivity index (χ0) is 19.3. The fraction of sp³-hybridized carbons (Fsp3) is 0.316. The van der Waals surface area contributed by atoms with Gasteiger partial charge >= 0.3 is 0 Å². The van der Waals surface area contributed by atoms with E-state index in [9.17, 15) is 13.2 Å². The number of hydrogen-bond acceptors (Lipinski definition) is 4. The molecule has 0 aliphatic carbocycles. The minimum Gasteiger partial charge on any atom is -0.378 e. The molecule has 0 saturated carbocycles. The third kappa shape index (κ3) is 5.16. The molecule has 27 heavy (non-hydrogen) atoms. The van der Waals surface area contributed by atoms with Crippen LogP contribution in [0.15, 0.2) is 64.0 Å². The second-order valence-electron chi connectivity index (χ2n) is 6.21. The lowest BCUT2D eigenvalue weighted by Crippen LogP contribution is -2.46. The van der Waals surface area contributed by atoms with Crippen molar-refractivity contribution in [3.8, 4) is 0 Å². The SMILES string of the molecule is O=C(CN(Cc1ccc(Br)cc1)S(=O)(=O)c1ccccc1)N1CCOCC1. The number of morpholine rings is 1. The smallest absolute Gasteiger partial charge is 0.243 e. The van der Waals surface area contributed by atoms with Crippen molar-refractivity contribution in [2.75, 3.05) is 32.8 Å². The second kappa shape index (κ2) is 8.97. The number of carbonyl (C=O) groups excluding carboxylic acids is 1. The van der Waals surface area contributed by atoms with Crippen LogP contribution in [0, 0.1) is 0 Å². The highest BCUT2D eigenvalue weighted by Crippen LogP contribution is 2.20. The topological polar surface area (TPSA) is 66.9 Å². The van der Waals surface area contributed by atoms with Gasteiger partial charge in [-0.15, -0.1) is 0 Å². The van der Waals surface area contributed by atoms with Crippen molar-refractivity contribution in [3.05, 3.63) is 64.6 Å². The van der Waals surface area contributed by atoms with E-state index < -0.39 is 10.0 Å². The molecule has 0 N–H and O–H groups in total. The van der Waals surface area contributed by atoms with Crippen LogP contribution in [0.1, 0.15) is 5.56 Å². The Morgan fingerprint density at radius 3 is 2.30 bits per heavy atom. The minimum absolute atomic E-state index is 0.126. The first-order chi connectivity index (χ1) is 13.0. The van der Waals surface area contributed by atoms with Crippen LogP contribution >= 0.6 is 15.9 Å². The summed E-state index contributed by atoms with van der Waals surface area (Å²) in [7, 11) is -3.80. The highest BCUT2D eigenvalue weighted by atomic mass is 79.9. The number of benzene rings is 2. The summed E-state index contributed by atoms with van der Waals surface area (Å²) >= 11 is 3.38. The Balaban J connectivity index is 1.85.